The fourth-order valence-electron chi connectivity index (χ4n) is 2.18. The third kappa shape index (κ3) is 4.39. The van der Waals surface area contributed by atoms with E-state index < -0.39 is 9.84 Å². The molecule has 0 aromatic carbocycles. The van der Waals surface area contributed by atoms with Gasteiger partial charge in [-0.2, -0.15) is 0 Å². The molecule has 1 aliphatic rings. The van der Waals surface area contributed by atoms with Crippen LogP contribution in [0.5, 0.6) is 0 Å². The molecule has 1 fully saturated rings. The van der Waals surface area contributed by atoms with Gasteiger partial charge in [0.05, 0.1) is 5.75 Å². The first kappa shape index (κ1) is 13.9. The Hall–Kier alpha value is -0.130. The molecule has 0 aromatic heterocycles. The van der Waals surface area contributed by atoms with Crippen molar-refractivity contribution in [3.63, 3.8) is 0 Å². The Morgan fingerprint density at radius 3 is 2.75 bits per heavy atom. The second-order valence-corrected chi connectivity index (χ2v) is 6.84. The van der Waals surface area contributed by atoms with Crippen LogP contribution < -0.4 is 5.32 Å². The molecule has 0 saturated carbocycles. The predicted molar refractivity (Wildman–Crippen MR) is 67.5 cm³/mol. The van der Waals surface area contributed by atoms with Gasteiger partial charge in [0, 0.05) is 24.9 Å². The van der Waals surface area contributed by atoms with Gasteiger partial charge in [0.25, 0.3) is 0 Å². The fourth-order valence-corrected chi connectivity index (χ4v) is 2.93. The third-order valence-corrected chi connectivity index (χ3v) is 5.02. The molecule has 1 aliphatic heterocycles. The number of nitrogens with zero attached hydrogens (tertiary/aromatic N) is 1. The van der Waals surface area contributed by atoms with E-state index in [9.17, 15) is 8.42 Å². The van der Waals surface area contributed by atoms with E-state index >= 15 is 0 Å². The lowest BCUT2D eigenvalue weighted by Crippen LogP contribution is -2.39. The van der Waals surface area contributed by atoms with Crippen LogP contribution >= 0.6 is 0 Å². The summed E-state index contributed by atoms with van der Waals surface area (Å²) in [6.07, 6.45) is 2.51. The van der Waals surface area contributed by atoms with Gasteiger partial charge in [-0.05, 0) is 25.9 Å². The molecule has 16 heavy (non-hydrogen) atoms. The van der Waals surface area contributed by atoms with E-state index in [1.165, 1.54) is 19.4 Å². The van der Waals surface area contributed by atoms with Crippen LogP contribution in [0.3, 0.4) is 0 Å². The van der Waals surface area contributed by atoms with Crippen LogP contribution in [0.1, 0.15) is 26.7 Å². The molecule has 5 heteroatoms. The van der Waals surface area contributed by atoms with Gasteiger partial charge in [-0.3, -0.25) is 4.90 Å². The van der Waals surface area contributed by atoms with Crippen LogP contribution in [0.4, 0.5) is 0 Å². The van der Waals surface area contributed by atoms with E-state index in [1.807, 2.05) is 0 Å². The lowest BCUT2D eigenvalue weighted by atomic mass is 10.2. The van der Waals surface area contributed by atoms with Crippen molar-refractivity contribution in [2.75, 3.05) is 37.7 Å². The Labute approximate surface area is 99.3 Å². The summed E-state index contributed by atoms with van der Waals surface area (Å²) in [7, 11) is -2.81. The van der Waals surface area contributed by atoms with Gasteiger partial charge in [-0.15, -0.1) is 0 Å². The minimum absolute atomic E-state index is 0.249. The van der Waals surface area contributed by atoms with Gasteiger partial charge in [0.2, 0.25) is 0 Å². The molecule has 1 heterocycles. The van der Waals surface area contributed by atoms with Crippen LogP contribution in [0, 0.1) is 0 Å². The molecule has 0 amide bonds. The number of rotatable bonds is 7. The molecule has 1 N–H and O–H groups in total. The van der Waals surface area contributed by atoms with Crippen molar-refractivity contribution in [1.29, 1.82) is 0 Å². The van der Waals surface area contributed by atoms with Gasteiger partial charge < -0.3 is 5.32 Å². The van der Waals surface area contributed by atoms with E-state index in [0.29, 0.717) is 12.6 Å². The SMILES string of the molecule is CCN1CCCC1CNCCS(=O)(=O)CC. The van der Waals surface area contributed by atoms with Crippen molar-refractivity contribution in [2.45, 2.75) is 32.7 Å². The van der Waals surface area contributed by atoms with Crippen LogP contribution in [-0.2, 0) is 9.84 Å². The minimum atomic E-state index is -2.81. The number of likely N-dealkylation sites (N-methyl/N-ethyl adjacent to an activating group) is 1. The normalized spacial score (nSPS) is 22.8. The van der Waals surface area contributed by atoms with E-state index in [0.717, 1.165) is 13.1 Å². The Morgan fingerprint density at radius 1 is 1.38 bits per heavy atom. The highest BCUT2D eigenvalue weighted by atomic mass is 32.2. The summed E-state index contributed by atoms with van der Waals surface area (Å²) in [5, 5.41) is 3.26. The first-order chi connectivity index (χ1) is 7.59. The third-order valence-electron chi connectivity index (χ3n) is 3.31. The average molecular weight is 248 g/mol. The van der Waals surface area contributed by atoms with Crippen molar-refractivity contribution in [3.05, 3.63) is 0 Å². The number of hydrogen-bond donors (Lipinski definition) is 1. The molecular weight excluding hydrogens is 224 g/mol. The van der Waals surface area contributed by atoms with Crippen LogP contribution in [-0.4, -0.2) is 57.0 Å². The molecule has 1 unspecified atom stereocenters. The first-order valence-corrected chi connectivity index (χ1v) is 8.06. The summed E-state index contributed by atoms with van der Waals surface area (Å²) in [5.74, 6) is 0.515. The summed E-state index contributed by atoms with van der Waals surface area (Å²) in [6, 6.07) is 0.606. The summed E-state index contributed by atoms with van der Waals surface area (Å²) in [4.78, 5) is 2.46. The Balaban J connectivity index is 2.16. The number of nitrogens with one attached hydrogen (secondary N) is 1. The molecule has 0 aliphatic carbocycles. The van der Waals surface area contributed by atoms with Crippen LogP contribution in [0.2, 0.25) is 0 Å². The Bertz CT molecular complexity index is 290. The van der Waals surface area contributed by atoms with Crippen LogP contribution in [0.15, 0.2) is 0 Å². The van der Waals surface area contributed by atoms with Gasteiger partial charge in [0.1, 0.15) is 0 Å². The zero-order valence-electron chi connectivity index (χ0n) is 10.4. The molecule has 1 saturated heterocycles. The van der Waals surface area contributed by atoms with Crippen molar-refractivity contribution < 1.29 is 8.42 Å². The maximum absolute atomic E-state index is 11.3. The molecule has 1 rings (SSSR count). The quantitative estimate of drug-likeness (QED) is 0.666. The lowest BCUT2D eigenvalue weighted by Gasteiger charge is -2.22. The molecule has 0 aromatic rings. The first-order valence-electron chi connectivity index (χ1n) is 6.24. The van der Waals surface area contributed by atoms with Gasteiger partial charge in [0.15, 0.2) is 9.84 Å². The molecule has 96 valence electrons. The van der Waals surface area contributed by atoms with Crippen molar-refractivity contribution >= 4 is 9.84 Å². The highest BCUT2D eigenvalue weighted by molar-refractivity contribution is 7.91. The smallest absolute Gasteiger partial charge is 0.151 e. The standard InChI is InChI=1S/C11H24N2O2S/c1-3-13-8-5-6-11(13)10-12-7-9-16(14,15)4-2/h11-12H,3-10H2,1-2H3. The summed E-state index contributed by atoms with van der Waals surface area (Å²) in [6.45, 7) is 7.68. The van der Waals surface area contributed by atoms with Gasteiger partial charge in [-0.1, -0.05) is 13.8 Å². The second kappa shape index (κ2) is 6.57. The molecule has 4 nitrogen and oxygen atoms in total. The molecule has 0 radical (unpaired) electrons. The molecule has 1 atom stereocenters. The summed E-state index contributed by atoms with van der Waals surface area (Å²) >= 11 is 0. The topological polar surface area (TPSA) is 49.4 Å². The monoisotopic (exact) mass is 248 g/mol. The second-order valence-electron chi connectivity index (χ2n) is 4.37. The average Bonchev–Trinajstić information content (AvgIpc) is 2.72. The fraction of sp³-hybridized carbons (Fsp3) is 1.00. The van der Waals surface area contributed by atoms with Crippen LogP contribution in [0.25, 0.3) is 0 Å². The maximum atomic E-state index is 11.3. The highest BCUT2D eigenvalue weighted by Crippen LogP contribution is 2.15. The van der Waals surface area contributed by atoms with Crippen molar-refractivity contribution in [3.8, 4) is 0 Å². The largest absolute Gasteiger partial charge is 0.314 e. The van der Waals surface area contributed by atoms with E-state index in [2.05, 4.69) is 17.1 Å². The van der Waals surface area contributed by atoms with E-state index in [-0.39, 0.29) is 11.5 Å². The Morgan fingerprint density at radius 2 is 2.12 bits per heavy atom. The molecular formula is C11H24N2O2S. The predicted octanol–water partition coefficient (Wildman–Crippen LogP) is 0.495. The molecule has 0 spiro atoms. The number of hydrogen-bond acceptors (Lipinski definition) is 4. The minimum Gasteiger partial charge on any atom is -0.314 e. The van der Waals surface area contributed by atoms with E-state index in [4.69, 9.17) is 0 Å². The van der Waals surface area contributed by atoms with Gasteiger partial charge >= 0.3 is 0 Å². The van der Waals surface area contributed by atoms with Crippen molar-refractivity contribution in [2.24, 2.45) is 0 Å². The lowest BCUT2D eigenvalue weighted by molar-refractivity contribution is 0.261. The highest BCUT2D eigenvalue weighted by Gasteiger charge is 2.22. The summed E-state index contributed by atoms with van der Waals surface area (Å²) in [5.41, 5.74) is 0. The van der Waals surface area contributed by atoms with E-state index in [1.54, 1.807) is 6.92 Å². The zero-order chi connectivity index (χ0) is 12.0. The summed E-state index contributed by atoms with van der Waals surface area (Å²) < 4.78 is 22.5. The van der Waals surface area contributed by atoms with Gasteiger partial charge in [-0.25, -0.2) is 8.42 Å². The number of sulfone groups is 1. The van der Waals surface area contributed by atoms with Crippen molar-refractivity contribution in [1.82, 2.24) is 10.2 Å². The number of likely N-dealkylation sites (tertiary alicyclic amines) is 1. The zero-order valence-corrected chi connectivity index (χ0v) is 11.2. The maximum Gasteiger partial charge on any atom is 0.151 e. The molecule has 0 bridgehead atoms. The Kier molecular flexibility index (Phi) is 5.72.